The number of nitrogens with zero attached hydrogens (tertiary/aromatic N) is 1. The van der Waals surface area contributed by atoms with Crippen LogP contribution in [-0.4, -0.2) is 48.8 Å². The Labute approximate surface area is 120 Å². The maximum atomic E-state index is 9.20. The Hall–Kier alpha value is -0.120. The molecule has 3 heteroatoms. The molecule has 1 atom stereocenters. The fourth-order valence-corrected chi connectivity index (χ4v) is 2.63. The Bertz CT molecular complexity index is 219. The van der Waals surface area contributed by atoms with E-state index >= 15 is 0 Å². The summed E-state index contributed by atoms with van der Waals surface area (Å²) in [5, 5.41) is 12.8. The molecule has 0 saturated heterocycles. The summed E-state index contributed by atoms with van der Waals surface area (Å²) >= 11 is 0. The van der Waals surface area contributed by atoms with Crippen molar-refractivity contribution in [3.05, 3.63) is 0 Å². The predicted octanol–water partition coefficient (Wildman–Crippen LogP) is 2.74. The molecule has 0 aromatic rings. The Kier molecular flexibility index (Phi) is 9.67. The lowest BCUT2D eigenvalue weighted by atomic mass is 9.84. The van der Waals surface area contributed by atoms with Gasteiger partial charge < -0.3 is 10.4 Å². The Morgan fingerprint density at radius 1 is 1.21 bits per heavy atom. The quantitative estimate of drug-likeness (QED) is 0.607. The molecule has 0 aromatic carbocycles. The largest absolute Gasteiger partial charge is 0.395 e. The molecule has 0 spiro atoms. The summed E-state index contributed by atoms with van der Waals surface area (Å²) in [5.74, 6) is 0.699. The molecule has 116 valence electrons. The van der Waals surface area contributed by atoms with Crippen molar-refractivity contribution in [1.82, 2.24) is 10.2 Å². The topological polar surface area (TPSA) is 35.5 Å². The zero-order valence-electron chi connectivity index (χ0n) is 14.0. The van der Waals surface area contributed by atoms with Crippen molar-refractivity contribution in [2.45, 2.75) is 60.4 Å². The minimum absolute atomic E-state index is 0.250. The molecule has 3 nitrogen and oxygen atoms in total. The van der Waals surface area contributed by atoms with Crippen LogP contribution in [0.3, 0.4) is 0 Å². The summed E-state index contributed by atoms with van der Waals surface area (Å²) < 4.78 is 0. The van der Waals surface area contributed by atoms with Gasteiger partial charge in [-0.2, -0.15) is 0 Å². The molecule has 0 aliphatic heterocycles. The lowest BCUT2D eigenvalue weighted by molar-refractivity contribution is 0.100. The fraction of sp³-hybridized carbons (Fsp3) is 1.00. The molecule has 0 radical (unpaired) electrons. The second-order valence-corrected chi connectivity index (χ2v) is 6.87. The van der Waals surface area contributed by atoms with E-state index in [4.69, 9.17) is 0 Å². The van der Waals surface area contributed by atoms with Crippen molar-refractivity contribution in [3.63, 3.8) is 0 Å². The normalized spacial score (nSPS) is 15.5. The first kappa shape index (κ1) is 18.9. The van der Waals surface area contributed by atoms with Crippen molar-refractivity contribution in [3.8, 4) is 0 Å². The number of nitrogens with one attached hydrogen (secondary N) is 1. The average molecular weight is 272 g/mol. The van der Waals surface area contributed by atoms with Gasteiger partial charge in [-0.05, 0) is 38.1 Å². The summed E-state index contributed by atoms with van der Waals surface area (Å²) in [6.07, 6.45) is 2.44. The summed E-state index contributed by atoms with van der Waals surface area (Å²) in [7, 11) is 0. The molecule has 0 fully saturated rings. The van der Waals surface area contributed by atoms with E-state index in [2.05, 4.69) is 51.8 Å². The van der Waals surface area contributed by atoms with E-state index in [1.165, 1.54) is 12.8 Å². The molecule has 19 heavy (non-hydrogen) atoms. The van der Waals surface area contributed by atoms with Gasteiger partial charge in [0.15, 0.2) is 0 Å². The highest BCUT2D eigenvalue weighted by molar-refractivity contribution is 4.82. The number of aliphatic hydroxyl groups excluding tert-OH is 1. The van der Waals surface area contributed by atoms with Gasteiger partial charge in [0.1, 0.15) is 0 Å². The summed E-state index contributed by atoms with van der Waals surface area (Å²) in [5.41, 5.74) is 0.295. The van der Waals surface area contributed by atoms with Gasteiger partial charge in [0, 0.05) is 25.7 Å². The SMILES string of the molecule is CCCC(C)(CNCC(C)C)CN(CCO)C(C)C. The fourth-order valence-electron chi connectivity index (χ4n) is 2.63. The number of rotatable bonds is 11. The van der Waals surface area contributed by atoms with Crippen LogP contribution in [-0.2, 0) is 0 Å². The van der Waals surface area contributed by atoms with E-state index in [1.54, 1.807) is 0 Å². The van der Waals surface area contributed by atoms with Crippen LogP contribution in [0.25, 0.3) is 0 Å². The van der Waals surface area contributed by atoms with Gasteiger partial charge in [-0.15, -0.1) is 0 Å². The lowest BCUT2D eigenvalue weighted by Crippen LogP contribution is -2.46. The highest BCUT2D eigenvalue weighted by Gasteiger charge is 2.27. The molecular formula is C16H36N2O. The van der Waals surface area contributed by atoms with Gasteiger partial charge in [-0.25, -0.2) is 0 Å². The van der Waals surface area contributed by atoms with Gasteiger partial charge >= 0.3 is 0 Å². The van der Waals surface area contributed by atoms with E-state index in [1.807, 2.05) is 0 Å². The smallest absolute Gasteiger partial charge is 0.0558 e. The maximum absolute atomic E-state index is 9.20. The van der Waals surface area contributed by atoms with Crippen molar-refractivity contribution in [1.29, 1.82) is 0 Å². The third-order valence-electron chi connectivity index (χ3n) is 3.66. The third kappa shape index (κ3) is 8.61. The van der Waals surface area contributed by atoms with E-state index in [-0.39, 0.29) is 6.61 Å². The van der Waals surface area contributed by atoms with Crippen LogP contribution in [0.15, 0.2) is 0 Å². The lowest BCUT2D eigenvalue weighted by Gasteiger charge is -2.38. The molecule has 0 rings (SSSR count). The van der Waals surface area contributed by atoms with Crippen molar-refractivity contribution in [2.75, 3.05) is 32.8 Å². The van der Waals surface area contributed by atoms with Crippen molar-refractivity contribution in [2.24, 2.45) is 11.3 Å². The molecule has 0 saturated carbocycles. The van der Waals surface area contributed by atoms with Gasteiger partial charge in [0.2, 0.25) is 0 Å². The van der Waals surface area contributed by atoms with Crippen molar-refractivity contribution >= 4 is 0 Å². The van der Waals surface area contributed by atoms with Crippen LogP contribution in [0, 0.1) is 11.3 Å². The summed E-state index contributed by atoms with van der Waals surface area (Å²) in [6.45, 7) is 17.8. The third-order valence-corrected chi connectivity index (χ3v) is 3.66. The minimum Gasteiger partial charge on any atom is -0.395 e. The van der Waals surface area contributed by atoms with Crippen LogP contribution in [0.5, 0.6) is 0 Å². The molecule has 0 aliphatic carbocycles. The first-order chi connectivity index (χ1) is 8.84. The van der Waals surface area contributed by atoms with Crippen LogP contribution in [0.2, 0.25) is 0 Å². The Morgan fingerprint density at radius 3 is 2.26 bits per heavy atom. The summed E-state index contributed by atoms with van der Waals surface area (Å²) in [4.78, 5) is 2.40. The molecule has 1 unspecified atom stereocenters. The van der Waals surface area contributed by atoms with E-state index < -0.39 is 0 Å². The zero-order valence-corrected chi connectivity index (χ0v) is 14.0. The first-order valence-electron chi connectivity index (χ1n) is 7.90. The number of hydrogen-bond acceptors (Lipinski definition) is 3. The zero-order chi connectivity index (χ0) is 14.9. The Morgan fingerprint density at radius 2 is 1.84 bits per heavy atom. The molecule has 0 heterocycles. The minimum atomic E-state index is 0.250. The van der Waals surface area contributed by atoms with E-state index in [0.717, 1.165) is 26.2 Å². The molecular weight excluding hydrogens is 236 g/mol. The van der Waals surface area contributed by atoms with E-state index in [0.29, 0.717) is 17.4 Å². The molecule has 0 bridgehead atoms. The van der Waals surface area contributed by atoms with Crippen LogP contribution < -0.4 is 5.32 Å². The van der Waals surface area contributed by atoms with Crippen LogP contribution >= 0.6 is 0 Å². The highest BCUT2D eigenvalue weighted by Crippen LogP contribution is 2.25. The number of aliphatic hydroxyl groups is 1. The standard InChI is InChI=1S/C16H36N2O/c1-7-8-16(6,12-17-11-14(2)3)13-18(9-10-19)15(4)5/h14-15,17,19H,7-13H2,1-6H3. The van der Waals surface area contributed by atoms with Gasteiger partial charge in [-0.3, -0.25) is 4.90 Å². The molecule has 2 N–H and O–H groups in total. The van der Waals surface area contributed by atoms with Gasteiger partial charge in [-0.1, -0.05) is 34.1 Å². The van der Waals surface area contributed by atoms with E-state index in [9.17, 15) is 5.11 Å². The average Bonchev–Trinajstić information content (AvgIpc) is 2.28. The molecule has 0 amide bonds. The van der Waals surface area contributed by atoms with Crippen LogP contribution in [0.4, 0.5) is 0 Å². The van der Waals surface area contributed by atoms with Crippen LogP contribution in [0.1, 0.15) is 54.4 Å². The molecule has 0 aliphatic rings. The summed E-state index contributed by atoms with van der Waals surface area (Å²) in [6, 6.07) is 0.494. The molecule has 0 aromatic heterocycles. The highest BCUT2D eigenvalue weighted by atomic mass is 16.3. The number of hydrogen-bond donors (Lipinski definition) is 2. The first-order valence-corrected chi connectivity index (χ1v) is 7.90. The van der Waals surface area contributed by atoms with Gasteiger partial charge in [0.05, 0.1) is 6.61 Å². The second kappa shape index (κ2) is 9.73. The second-order valence-electron chi connectivity index (χ2n) is 6.87. The maximum Gasteiger partial charge on any atom is 0.0558 e. The monoisotopic (exact) mass is 272 g/mol. The van der Waals surface area contributed by atoms with Gasteiger partial charge in [0.25, 0.3) is 0 Å². The van der Waals surface area contributed by atoms with Crippen molar-refractivity contribution < 1.29 is 5.11 Å². The predicted molar refractivity (Wildman–Crippen MR) is 84.5 cm³/mol. The Balaban J connectivity index is 4.47.